The largest absolute Gasteiger partial charge is 0.444 e. The number of hydrogen-bond donors (Lipinski definition) is 2. The number of carbonyl (C=O) groups is 2. The summed E-state index contributed by atoms with van der Waals surface area (Å²) in [5, 5.41) is 4.87. The van der Waals surface area contributed by atoms with Gasteiger partial charge in [-0.3, -0.25) is 9.36 Å². The lowest BCUT2D eigenvalue weighted by Gasteiger charge is -2.26. The molecule has 0 saturated carbocycles. The van der Waals surface area contributed by atoms with Crippen molar-refractivity contribution >= 4 is 31.2 Å². The van der Waals surface area contributed by atoms with Crippen LogP contribution < -0.4 is 10.6 Å². The maximum atomic E-state index is 12.6. The van der Waals surface area contributed by atoms with Crippen LogP contribution in [0, 0.1) is 0 Å². The van der Waals surface area contributed by atoms with Gasteiger partial charge in [-0.15, -0.1) is 11.6 Å². The van der Waals surface area contributed by atoms with Gasteiger partial charge >= 0.3 is 13.7 Å². The van der Waals surface area contributed by atoms with Gasteiger partial charge in [0.1, 0.15) is 17.4 Å². The topological polar surface area (TPSA) is 103 Å². The molecule has 2 N–H and O–H groups in total. The molecule has 0 spiro atoms. The summed E-state index contributed by atoms with van der Waals surface area (Å²) in [7, 11) is -3.50. The van der Waals surface area contributed by atoms with Crippen molar-refractivity contribution in [3.63, 3.8) is 0 Å². The smallest absolute Gasteiger partial charge is 0.408 e. The molecule has 142 valence electrons. The number of alkyl carbamates (subject to hydrolysis) is 1. The molecule has 10 heteroatoms. The number of hydrogen-bond acceptors (Lipinski definition) is 6. The van der Waals surface area contributed by atoms with Crippen LogP contribution in [0.4, 0.5) is 4.79 Å². The highest BCUT2D eigenvalue weighted by molar-refractivity contribution is 7.54. The highest BCUT2D eigenvalue weighted by Crippen LogP contribution is 2.51. The molecule has 0 aliphatic rings. The summed E-state index contributed by atoms with van der Waals surface area (Å²) in [6.45, 7) is 10.3. The summed E-state index contributed by atoms with van der Waals surface area (Å²) < 4.78 is 28.0. The molecular formula is C14H28ClN2O6P. The lowest BCUT2D eigenvalue weighted by atomic mass is 10.2. The predicted molar refractivity (Wildman–Crippen MR) is 92.3 cm³/mol. The molecule has 24 heavy (non-hydrogen) atoms. The quantitative estimate of drug-likeness (QED) is 0.466. The van der Waals surface area contributed by atoms with Crippen LogP contribution in [0.5, 0.6) is 0 Å². The molecule has 0 aromatic carbocycles. The summed E-state index contributed by atoms with van der Waals surface area (Å²) in [5.74, 6) is -1.68. The van der Waals surface area contributed by atoms with Crippen LogP contribution in [0.1, 0.15) is 41.5 Å². The number of ether oxygens (including phenoxy) is 1. The molecule has 0 aromatic rings. The van der Waals surface area contributed by atoms with Crippen LogP contribution in [-0.2, 0) is 23.1 Å². The third-order valence-corrected chi connectivity index (χ3v) is 5.23. The minimum atomic E-state index is -3.50. The first-order chi connectivity index (χ1) is 11.0. The lowest BCUT2D eigenvalue weighted by molar-refractivity contribution is -0.123. The van der Waals surface area contributed by atoms with E-state index in [2.05, 4.69) is 10.6 Å². The minimum absolute atomic E-state index is 0.173. The molecule has 0 saturated heterocycles. The fourth-order valence-corrected chi connectivity index (χ4v) is 3.37. The van der Waals surface area contributed by atoms with E-state index in [0.717, 1.165) is 0 Å². The van der Waals surface area contributed by atoms with Crippen molar-refractivity contribution in [3.8, 4) is 0 Å². The van der Waals surface area contributed by atoms with Gasteiger partial charge in [0.25, 0.3) is 0 Å². The summed E-state index contributed by atoms with van der Waals surface area (Å²) >= 11 is 5.74. The highest BCUT2D eigenvalue weighted by atomic mass is 35.5. The molecule has 0 aliphatic carbocycles. The van der Waals surface area contributed by atoms with Crippen molar-refractivity contribution < 1.29 is 27.9 Å². The fourth-order valence-electron chi connectivity index (χ4n) is 1.63. The van der Waals surface area contributed by atoms with Gasteiger partial charge in [0.15, 0.2) is 0 Å². The molecule has 2 amide bonds. The number of carbonyl (C=O) groups excluding carboxylic acids is 2. The molecular weight excluding hydrogens is 359 g/mol. The van der Waals surface area contributed by atoms with Gasteiger partial charge < -0.3 is 24.4 Å². The van der Waals surface area contributed by atoms with Crippen molar-refractivity contribution in [2.75, 3.05) is 19.1 Å². The van der Waals surface area contributed by atoms with Gasteiger partial charge in [-0.2, -0.15) is 0 Å². The third kappa shape index (κ3) is 8.33. The van der Waals surface area contributed by atoms with Crippen LogP contribution in [0.25, 0.3) is 0 Å². The Morgan fingerprint density at radius 1 is 1.12 bits per heavy atom. The van der Waals surface area contributed by atoms with E-state index < -0.39 is 37.0 Å². The molecule has 0 radical (unpaired) electrons. The Bertz CT molecular complexity index is 459. The van der Waals surface area contributed by atoms with E-state index in [1.807, 2.05) is 0 Å². The molecule has 0 aromatic heterocycles. The number of nitrogens with one attached hydrogen (secondary N) is 2. The zero-order valence-corrected chi connectivity index (χ0v) is 16.7. The monoisotopic (exact) mass is 386 g/mol. The molecule has 0 aliphatic heterocycles. The Hall–Kier alpha value is -0.820. The number of rotatable bonds is 9. The summed E-state index contributed by atoms with van der Waals surface area (Å²) in [5.41, 5.74) is -0.704. The first kappa shape index (κ1) is 23.2. The zero-order chi connectivity index (χ0) is 19.0. The standard InChI is InChI=1S/C14H28ClN2O6P/c1-7-21-24(20,22-8-2)10(3)16-12(18)11(9-15)17-13(19)23-14(4,5)6/h10-11H,7-9H2,1-6H3,(H,16,18)(H,17,19). The van der Waals surface area contributed by atoms with E-state index in [-0.39, 0.29) is 19.1 Å². The fraction of sp³-hybridized carbons (Fsp3) is 0.857. The average Bonchev–Trinajstić information content (AvgIpc) is 2.43. The predicted octanol–water partition coefficient (Wildman–Crippen LogP) is 2.85. The van der Waals surface area contributed by atoms with Crippen molar-refractivity contribution in [1.82, 2.24) is 10.6 Å². The zero-order valence-electron chi connectivity index (χ0n) is 15.1. The lowest BCUT2D eigenvalue weighted by Crippen LogP contribution is -2.51. The van der Waals surface area contributed by atoms with Crippen LogP contribution in [0.2, 0.25) is 0 Å². The van der Waals surface area contributed by atoms with Gasteiger partial charge in [0, 0.05) is 0 Å². The molecule has 8 nitrogen and oxygen atoms in total. The van der Waals surface area contributed by atoms with Crippen LogP contribution >= 0.6 is 19.2 Å². The van der Waals surface area contributed by atoms with E-state index in [1.165, 1.54) is 6.92 Å². The van der Waals surface area contributed by atoms with Gasteiger partial charge in [0.2, 0.25) is 5.91 Å². The first-order valence-corrected chi connectivity index (χ1v) is 9.88. The first-order valence-electron chi connectivity index (χ1n) is 7.73. The SMILES string of the molecule is CCOP(=O)(OCC)C(C)NC(=O)C(CCl)NC(=O)OC(C)(C)C. The minimum Gasteiger partial charge on any atom is -0.444 e. The van der Waals surface area contributed by atoms with Crippen LogP contribution in [0.3, 0.4) is 0 Å². The van der Waals surface area contributed by atoms with Crippen molar-refractivity contribution in [1.29, 1.82) is 0 Å². The molecule has 2 atom stereocenters. The number of alkyl halides is 1. The molecule has 0 fully saturated rings. The molecule has 2 unspecified atom stereocenters. The highest BCUT2D eigenvalue weighted by Gasteiger charge is 2.35. The Kier molecular flexibility index (Phi) is 9.88. The number of amides is 2. The van der Waals surface area contributed by atoms with Crippen LogP contribution in [0.15, 0.2) is 0 Å². The summed E-state index contributed by atoms with van der Waals surface area (Å²) in [6.07, 6.45) is -0.770. The van der Waals surface area contributed by atoms with Crippen LogP contribution in [-0.4, -0.2) is 48.5 Å². The molecule has 0 heterocycles. The number of halogens is 1. The Balaban J connectivity index is 4.85. The van der Waals surface area contributed by atoms with Gasteiger partial charge in [-0.05, 0) is 41.5 Å². The van der Waals surface area contributed by atoms with Crippen molar-refractivity contribution in [2.45, 2.75) is 59.0 Å². The van der Waals surface area contributed by atoms with E-state index in [1.54, 1.807) is 34.6 Å². The third-order valence-electron chi connectivity index (χ3n) is 2.61. The second-order valence-electron chi connectivity index (χ2n) is 5.91. The summed E-state index contributed by atoms with van der Waals surface area (Å²) in [4.78, 5) is 24.0. The van der Waals surface area contributed by atoms with Crippen molar-refractivity contribution in [3.05, 3.63) is 0 Å². The van der Waals surface area contributed by atoms with E-state index >= 15 is 0 Å². The Morgan fingerprint density at radius 3 is 2.00 bits per heavy atom. The maximum Gasteiger partial charge on any atom is 0.408 e. The Labute approximate surface area is 148 Å². The molecule has 0 bridgehead atoms. The van der Waals surface area contributed by atoms with Gasteiger partial charge in [-0.1, -0.05) is 0 Å². The second kappa shape index (κ2) is 10.2. The Morgan fingerprint density at radius 2 is 1.62 bits per heavy atom. The average molecular weight is 387 g/mol. The van der Waals surface area contributed by atoms with E-state index in [4.69, 9.17) is 25.4 Å². The van der Waals surface area contributed by atoms with Gasteiger partial charge in [0.05, 0.1) is 19.1 Å². The van der Waals surface area contributed by atoms with Gasteiger partial charge in [-0.25, -0.2) is 4.79 Å². The van der Waals surface area contributed by atoms with E-state index in [9.17, 15) is 14.2 Å². The normalized spacial score (nSPS) is 14.6. The van der Waals surface area contributed by atoms with E-state index in [0.29, 0.717) is 0 Å². The van der Waals surface area contributed by atoms with Crippen molar-refractivity contribution in [2.24, 2.45) is 0 Å². The maximum absolute atomic E-state index is 12.6. The second-order valence-corrected chi connectivity index (χ2v) is 8.59. The molecule has 0 rings (SSSR count). The summed E-state index contributed by atoms with van der Waals surface area (Å²) in [6, 6.07) is -1.04.